The van der Waals surface area contributed by atoms with Crippen LogP contribution in [0.25, 0.3) is 6.08 Å². The number of hydrogen-bond donors (Lipinski definition) is 1. The Morgan fingerprint density at radius 3 is 2.76 bits per heavy atom. The van der Waals surface area contributed by atoms with Crippen molar-refractivity contribution in [2.24, 2.45) is 0 Å². The van der Waals surface area contributed by atoms with Gasteiger partial charge in [0.2, 0.25) is 5.91 Å². The molecule has 0 aromatic heterocycles. The van der Waals surface area contributed by atoms with Crippen LogP contribution >= 0.6 is 0 Å². The molecule has 1 atom stereocenters. The van der Waals surface area contributed by atoms with Gasteiger partial charge >= 0.3 is 5.97 Å². The van der Waals surface area contributed by atoms with Gasteiger partial charge in [0.15, 0.2) is 0 Å². The fourth-order valence-corrected chi connectivity index (χ4v) is 2.19. The number of rotatable bonds is 4. The molecule has 1 amide bonds. The predicted octanol–water partition coefficient (Wildman–Crippen LogP) is 1.71. The summed E-state index contributed by atoms with van der Waals surface area (Å²) in [4.78, 5) is 24.4. The van der Waals surface area contributed by atoms with Gasteiger partial charge in [0.1, 0.15) is 0 Å². The molecule has 0 aliphatic carbocycles. The lowest BCUT2D eigenvalue weighted by molar-refractivity contribution is -0.145. The van der Waals surface area contributed by atoms with Crippen LogP contribution in [0.5, 0.6) is 0 Å². The third-order valence-electron chi connectivity index (χ3n) is 3.35. The lowest BCUT2D eigenvalue weighted by atomic mass is 10.1. The predicted molar refractivity (Wildman–Crippen MR) is 78.8 cm³/mol. The zero-order valence-corrected chi connectivity index (χ0v) is 12.0. The minimum Gasteiger partial charge on any atom is -0.481 e. The van der Waals surface area contributed by atoms with E-state index in [2.05, 4.69) is 0 Å². The first kappa shape index (κ1) is 15.3. The Kier molecular flexibility index (Phi) is 5.11. The van der Waals surface area contributed by atoms with Gasteiger partial charge in [-0.1, -0.05) is 29.8 Å². The molecule has 1 unspecified atom stereocenters. The van der Waals surface area contributed by atoms with Gasteiger partial charge in [0, 0.05) is 19.2 Å². The molecular weight excluding hydrogens is 270 g/mol. The number of amides is 1. The summed E-state index contributed by atoms with van der Waals surface area (Å²) in [7, 11) is 0. The van der Waals surface area contributed by atoms with Crippen molar-refractivity contribution >= 4 is 18.0 Å². The van der Waals surface area contributed by atoms with Crippen LogP contribution in [0.4, 0.5) is 0 Å². The van der Waals surface area contributed by atoms with Crippen LogP contribution < -0.4 is 0 Å². The Labute approximate surface area is 123 Å². The van der Waals surface area contributed by atoms with E-state index in [1.165, 1.54) is 11.6 Å². The van der Waals surface area contributed by atoms with Gasteiger partial charge in [0.05, 0.1) is 19.1 Å². The number of carboxylic acid groups (broad SMARTS) is 1. The Morgan fingerprint density at radius 1 is 1.38 bits per heavy atom. The molecule has 0 spiro atoms. The quantitative estimate of drug-likeness (QED) is 0.857. The van der Waals surface area contributed by atoms with Gasteiger partial charge in [-0.05, 0) is 18.6 Å². The van der Waals surface area contributed by atoms with Crippen molar-refractivity contribution in [3.8, 4) is 0 Å². The van der Waals surface area contributed by atoms with Gasteiger partial charge in [0.25, 0.3) is 0 Å². The largest absolute Gasteiger partial charge is 0.481 e. The number of morpholine rings is 1. The average Bonchev–Trinajstić information content (AvgIpc) is 2.46. The fraction of sp³-hybridized carbons (Fsp3) is 0.375. The molecule has 0 bridgehead atoms. The number of nitrogens with zero attached hydrogens (tertiary/aromatic N) is 1. The molecule has 5 heteroatoms. The summed E-state index contributed by atoms with van der Waals surface area (Å²) in [6.45, 7) is 3.20. The number of aryl methyl sites for hydroxylation is 1. The molecule has 112 valence electrons. The van der Waals surface area contributed by atoms with Crippen LogP contribution in [0.3, 0.4) is 0 Å². The molecule has 21 heavy (non-hydrogen) atoms. The van der Waals surface area contributed by atoms with Gasteiger partial charge in [-0.25, -0.2) is 0 Å². The van der Waals surface area contributed by atoms with Crippen LogP contribution in [0.15, 0.2) is 30.3 Å². The van der Waals surface area contributed by atoms with Crippen molar-refractivity contribution in [3.05, 3.63) is 41.5 Å². The molecule has 1 heterocycles. The highest BCUT2D eigenvalue weighted by molar-refractivity contribution is 5.91. The first-order valence-corrected chi connectivity index (χ1v) is 6.91. The molecule has 1 aliphatic heterocycles. The Balaban J connectivity index is 1.93. The summed E-state index contributed by atoms with van der Waals surface area (Å²) in [6.07, 6.45) is 2.79. The first-order valence-electron chi connectivity index (χ1n) is 6.91. The van der Waals surface area contributed by atoms with Crippen LogP contribution in [-0.4, -0.2) is 47.7 Å². The van der Waals surface area contributed by atoms with E-state index < -0.39 is 12.1 Å². The number of ether oxygens (including phenoxy) is 1. The summed E-state index contributed by atoms with van der Waals surface area (Å²) in [6, 6.07) is 7.88. The monoisotopic (exact) mass is 289 g/mol. The van der Waals surface area contributed by atoms with E-state index in [1.54, 1.807) is 11.0 Å². The number of benzene rings is 1. The van der Waals surface area contributed by atoms with Crippen molar-refractivity contribution in [2.45, 2.75) is 19.4 Å². The van der Waals surface area contributed by atoms with Gasteiger partial charge < -0.3 is 14.7 Å². The minimum absolute atomic E-state index is 0.0779. The first-order chi connectivity index (χ1) is 10.0. The molecule has 0 saturated carbocycles. The highest BCUT2D eigenvalue weighted by Gasteiger charge is 2.24. The highest BCUT2D eigenvalue weighted by Crippen LogP contribution is 2.10. The van der Waals surface area contributed by atoms with E-state index >= 15 is 0 Å². The topological polar surface area (TPSA) is 66.8 Å². The van der Waals surface area contributed by atoms with Crippen LogP contribution in [-0.2, 0) is 14.3 Å². The maximum Gasteiger partial charge on any atom is 0.306 e. The maximum absolute atomic E-state index is 12.1. The van der Waals surface area contributed by atoms with E-state index in [0.29, 0.717) is 19.7 Å². The SMILES string of the molecule is Cc1ccc(C=CC(=O)N2CCOC(CC(=O)O)C2)cc1. The van der Waals surface area contributed by atoms with Crippen LogP contribution in [0, 0.1) is 6.92 Å². The minimum atomic E-state index is -0.913. The lowest BCUT2D eigenvalue weighted by Crippen LogP contribution is -2.45. The zero-order valence-electron chi connectivity index (χ0n) is 12.0. The summed E-state index contributed by atoms with van der Waals surface area (Å²) >= 11 is 0. The van der Waals surface area contributed by atoms with E-state index in [0.717, 1.165) is 5.56 Å². The van der Waals surface area contributed by atoms with Crippen molar-refractivity contribution in [2.75, 3.05) is 19.7 Å². The fourth-order valence-electron chi connectivity index (χ4n) is 2.19. The molecule has 1 N–H and O–H groups in total. The number of carbonyl (C=O) groups excluding carboxylic acids is 1. The van der Waals surface area contributed by atoms with Crippen molar-refractivity contribution < 1.29 is 19.4 Å². The molecule has 1 aromatic carbocycles. The van der Waals surface area contributed by atoms with E-state index in [4.69, 9.17) is 9.84 Å². The van der Waals surface area contributed by atoms with Crippen molar-refractivity contribution in [1.82, 2.24) is 4.90 Å². The lowest BCUT2D eigenvalue weighted by Gasteiger charge is -2.31. The van der Waals surface area contributed by atoms with Crippen molar-refractivity contribution in [1.29, 1.82) is 0 Å². The normalized spacial score (nSPS) is 18.9. The molecule has 5 nitrogen and oxygen atoms in total. The Hall–Kier alpha value is -2.14. The second-order valence-corrected chi connectivity index (χ2v) is 5.12. The smallest absolute Gasteiger partial charge is 0.306 e. The van der Waals surface area contributed by atoms with Crippen molar-refractivity contribution in [3.63, 3.8) is 0 Å². The maximum atomic E-state index is 12.1. The van der Waals surface area contributed by atoms with E-state index in [9.17, 15) is 9.59 Å². The Bertz CT molecular complexity index is 536. The van der Waals surface area contributed by atoms with E-state index in [-0.39, 0.29) is 12.3 Å². The molecular formula is C16H19NO4. The number of carbonyl (C=O) groups is 2. The molecule has 1 aromatic rings. The average molecular weight is 289 g/mol. The van der Waals surface area contributed by atoms with Gasteiger partial charge in [-0.3, -0.25) is 9.59 Å². The van der Waals surface area contributed by atoms with Gasteiger partial charge in [-0.15, -0.1) is 0 Å². The third-order valence-corrected chi connectivity index (χ3v) is 3.35. The summed E-state index contributed by atoms with van der Waals surface area (Å²) in [5.74, 6) is -1.03. The molecule has 1 aliphatic rings. The molecule has 0 radical (unpaired) electrons. The standard InChI is InChI=1S/C16H19NO4/c1-12-2-4-13(5-3-12)6-7-15(18)17-8-9-21-14(11-17)10-16(19)20/h2-7,14H,8-11H2,1H3,(H,19,20). The van der Waals surface area contributed by atoms with Crippen LogP contribution in [0.1, 0.15) is 17.5 Å². The second kappa shape index (κ2) is 7.04. The van der Waals surface area contributed by atoms with Gasteiger partial charge in [-0.2, -0.15) is 0 Å². The highest BCUT2D eigenvalue weighted by atomic mass is 16.5. The van der Waals surface area contributed by atoms with Crippen LogP contribution in [0.2, 0.25) is 0 Å². The molecule has 2 rings (SSSR count). The molecule has 1 fully saturated rings. The number of hydrogen-bond acceptors (Lipinski definition) is 3. The molecule has 1 saturated heterocycles. The zero-order chi connectivity index (χ0) is 15.2. The number of carboxylic acids is 1. The summed E-state index contributed by atoms with van der Waals surface area (Å²) in [5.41, 5.74) is 2.13. The van der Waals surface area contributed by atoms with E-state index in [1.807, 2.05) is 31.2 Å². The third kappa shape index (κ3) is 4.72. The number of aliphatic carboxylic acids is 1. The Morgan fingerprint density at radius 2 is 2.10 bits per heavy atom. The summed E-state index contributed by atoms with van der Waals surface area (Å²) < 4.78 is 5.35. The second-order valence-electron chi connectivity index (χ2n) is 5.12. The summed E-state index contributed by atoms with van der Waals surface area (Å²) in [5, 5.41) is 8.77.